The minimum absolute atomic E-state index is 0.0614. The number of nitrogens with zero attached hydrogens (tertiary/aromatic N) is 3. The number of likely N-dealkylation sites (tertiary alicyclic amines) is 1. The molecule has 3 aliphatic rings. The predicted molar refractivity (Wildman–Crippen MR) is 115 cm³/mol. The fourth-order valence-electron chi connectivity index (χ4n) is 4.85. The third-order valence-electron chi connectivity index (χ3n) is 6.54. The number of ether oxygens (including phenoxy) is 1. The van der Waals surface area contributed by atoms with Crippen LogP contribution in [0, 0.1) is 0 Å². The van der Waals surface area contributed by atoms with Crippen molar-refractivity contribution >= 4 is 17.6 Å². The van der Waals surface area contributed by atoms with E-state index in [1.807, 2.05) is 35.2 Å². The summed E-state index contributed by atoms with van der Waals surface area (Å²) in [5.74, 6) is 0.935. The van der Waals surface area contributed by atoms with Crippen molar-refractivity contribution in [3.63, 3.8) is 0 Å². The van der Waals surface area contributed by atoms with Crippen LogP contribution in [-0.4, -0.2) is 74.8 Å². The number of benzene rings is 1. The fourth-order valence-corrected chi connectivity index (χ4v) is 4.85. The standard InChI is InChI=1S/C22H33N5O2/c1-23-21(24-17-22(9-13-29-14-10-22)26-11-5-6-12-26)25-18-15-20(28)27(16-18)19-7-3-2-4-8-19/h2-4,7-8,18H,5-6,9-17H2,1H3,(H2,23,24,25). The zero-order chi connectivity index (χ0) is 20.1. The van der Waals surface area contributed by atoms with Gasteiger partial charge in [0.25, 0.3) is 0 Å². The van der Waals surface area contributed by atoms with Crippen molar-refractivity contribution < 1.29 is 9.53 Å². The van der Waals surface area contributed by atoms with Gasteiger partial charge in [-0.25, -0.2) is 0 Å². The summed E-state index contributed by atoms with van der Waals surface area (Å²) in [5, 5.41) is 7.03. The molecule has 3 fully saturated rings. The maximum Gasteiger partial charge on any atom is 0.229 e. The number of anilines is 1. The molecule has 158 valence electrons. The molecule has 1 aromatic rings. The average molecular weight is 400 g/mol. The van der Waals surface area contributed by atoms with Crippen LogP contribution >= 0.6 is 0 Å². The average Bonchev–Trinajstić information content (AvgIpc) is 3.43. The van der Waals surface area contributed by atoms with Crippen LogP contribution in [0.2, 0.25) is 0 Å². The van der Waals surface area contributed by atoms with Gasteiger partial charge in [-0.05, 0) is 50.9 Å². The van der Waals surface area contributed by atoms with Crippen LogP contribution in [0.1, 0.15) is 32.1 Å². The Bertz CT molecular complexity index is 711. The lowest BCUT2D eigenvalue weighted by Gasteiger charge is -2.45. The summed E-state index contributed by atoms with van der Waals surface area (Å²) in [5.41, 5.74) is 1.11. The minimum Gasteiger partial charge on any atom is -0.381 e. The first-order chi connectivity index (χ1) is 14.2. The Labute approximate surface area is 173 Å². The second kappa shape index (κ2) is 9.13. The number of carbonyl (C=O) groups excluding carboxylic acids is 1. The normalized spacial score (nSPS) is 25.4. The van der Waals surface area contributed by atoms with Crippen LogP contribution in [0.4, 0.5) is 5.69 Å². The molecule has 1 amide bonds. The number of carbonyl (C=O) groups is 1. The number of rotatable bonds is 5. The molecule has 3 saturated heterocycles. The molecule has 1 atom stereocenters. The Kier molecular flexibility index (Phi) is 6.35. The van der Waals surface area contributed by atoms with Gasteiger partial charge in [-0.15, -0.1) is 0 Å². The van der Waals surface area contributed by atoms with E-state index in [1.165, 1.54) is 25.9 Å². The maximum atomic E-state index is 12.5. The van der Waals surface area contributed by atoms with E-state index in [9.17, 15) is 4.79 Å². The molecule has 29 heavy (non-hydrogen) atoms. The van der Waals surface area contributed by atoms with Gasteiger partial charge < -0.3 is 20.3 Å². The first-order valence-corrected chi connectivity index (χ1v) is 10.9. The zero-order valence-corrected chi connectivity index (χ0v) is 17.4. The zero-order valence-electron chi connectivity index (χ0n) is 17.4. The number of hydrogen-bond acceptors (Lipinski definition) is 4. The number of amides is 1. The highest BCUT2D eigenvalue weighted by Gasteiger charge is 2.40. The molecular weight excluding hydrogens is 366 g/mol. The number of hydrogen-bond donors (Lipinski definition) is 2. The molecule has 0 aromatic heterocycles. The summed E-state index contributed by atoms with van der Waals surface area (Å²) in [4.78, 5) is 21.4. The van der Waals surface area contributed by atoms with Gasteiger partial charge in [-0.3, -0.25) is 14.7 Å². The Hall–Kier alpha value is -2.12. The van der Waals surface area contributed by atoms with Crippen molar-refractivity contribution in [3.05, 3.63) is 30.3 Å². The van der Waals surface area contributed by atoms with E-state index in [-0.39, 0.29) is 17.5 Å². The molecule has 7 heteroatoms. The molecule has 4 rings (SSSR count). The van der Waals surface area contributed by atoms with Crippen molar-refractivity contribution in [1.29, 1.82) is 0 Å². The first kappa shape index (κ1) is 20.2. The second-order valence-corrected chi connectivity index (χ2v) is 8.34. The topological polar surface area (TPSA) is 69.2 Å². The van der Waals surface area contributed by atoms with Crippen LogP contribution in [0.5, 0.6) is 0 Å². The van der Waals surface area contributed by atoms with Crippen LogP contribution in [0.3, 0.4) is 0 Å². The monoisotopic (exact) mass is 399 g/mol. The third-order valence-corrected chi connectivity index (χ3v) is 6.54. The number of para-hydroxylation sites is 1. The van der Waals surface area contributed by atoms with E-state index in [1.54, 1.807) is 7.05 Å². The molecule has 2 N–H and O–H groups in total. The van der Waals surface area contributed by atoms with Gasteiger partial charge in [0.05, 0.1) is 6.04 Å². The van der Waals surface area contributed by atoms with E-state index in [2.05, 4.69) is 20.5 Å². The minimum atomic E-state index is 0.0614. The van der Waals surface area contributed by atoms with Gasteiger partial charge in [0.2, 0.25) is 5.91 Å². The molecule has 0 aliphatic carbocycles. The van der Waals surface area contributed by atoms with E-state index < -0.39 is 0 Å². The Morgan fingerprint density at radius 1 is 1.21 bits per heavy atom. The van der Waals surface area contributed by atoms with Gasteiger partial charge in [-0.2, -0.15) is 0 Å². The van der Waals surface area contributed by atoms with Crippen molar-refractivity contribution in [1.82, 2.24) is 15.5 Å². The van der Waals surface area contributed by atoms with Crippen molar-refractivity contribution in [2.24, 2.45) is 4.99 Å². The predicted octanol–water partition coefficient (Wildman–Crippen LogP) is 1.60. The van der Waals surface area contributed by atoms with Crippen LogP contribution in [0.25, 0.3) is 0 Å². The molecule has 0 radical (unpaired) electrons. The number of aliphatic imine (C=N–C) groups is 1. The molecule has 7 nitrogen and oxygen atoms in total. The van der Waals surface area contributed by atoms with Crippen molar-refractivity contribution in [2.75, 3.05) is 51.3 Å². The Morgan fingerprint density at radius 3 is 2.62 bits per heavy atom. The maximum absolute atomic E-state index is 12.5. The van der Waals surface area contributed by atoms with Gasteiger partial charge in [0.15, 0.2) is 5.96 Å². The lowest BCUT2D eigenvalue weighted by atomic mass is 9.88. The van der Waals surface area contributed by atoms with Gasteiger partial charge >= 0.3 is 0 Å². The molecule has 0 bridgehead atoms. The van der Waals surface area contributed by atoms with Crippen molar-refractivity contribution in [2.45, 2.75) is 43.7 Å². The van der Waals surface area contributed by atoms with E-state index in [0.717, 1.165) is 44.2 Å². The molecule has 1 aromatic carbocycles. The van der Waals surface area contributed by atoms with Gasteiger partial charge in [-0.1, -0.05) is 18.2 Å². The summed E-state index contributed by atoms with van der Waals surface area (Å²) in [6.45, 7) is 5.53. The lowest BCUT2D eigenvalue weighted by Crippen LogP contribution is -2.59. The largest absolute Gasteiger partial charge is 0.381 e. The van der Waals surface area contributed by atoms with Crippen LogP contribution < -0.4 is 15.5 Å². The highest BCUT2D eigenvalue weighted by molar-refractivity contribution is 5.97. The van der Waals surface area contributed by atoms with E-state index >= 15 is 0 Å². The molecule has 3 heterocycles. The molecule has 3 aliphatic heterocycles. The van der Waals surface area contributed by atoms with Crippen LogP contribution in [0.15, 0.2) is 35.3 Å². The fraction of sp³-hybridized carbons (Fsp3) is 0.636. The quantitative estimate of drug-likeness (QED) is 0.582. The summed E-state index contributed by atoms with van der Waals surface area (Å²) < 4.78 is 5.65. The summed E-state index contributed by atoms with van der Waals surface area (Å²) in [7, 11) is 1.80. The first-order valence-electron chi connectivity index (χ1n) is 10.9. The highest BCUT2D eigenvalue weighted by atomic mass is 16.5. The van der Waals surface area contributed by atoms with Crippen LogP contribution in [-0.2, 0) is 9.53 Å². The third kappa shape index (κ3) is 4.56. The molecular formula is C22H33N5O2. The number of nitrogens with one attached hydrogen (secondary N) is 2. The smallest absolute Gasteiger partial charge is 0.229 e. The summed E-state index contributed by atoms with van der Waals surface area (Å²) >= 11 is 0. The lowest BCUT2D eigenvalue weighted by molar-refractivity contribution is -0.117. The van der Waals surface area contributed by atoms with E-state index in [4.69, 9.17) is 4.74 Å². The van der Waals surface area contributed by atoms with E-state index in [0.29, 0.717) is 13.0 Å². The molecule has 0 spiro atoms. The SMILES string of the molecule is CN=C(NCC1(N2CCCC2)CCOCC1)NC1CC(=O)N(c2ccccc2)C1. The van der Waals surface area contributed by atoms with Gasteiger partial charge in [0, 0.05) is 51.0 Å². The summed E-state index contributed by atoms with van der Waals surface area (Å²) in [6.07, 6.45) is 5.17. The van der Waals surface area contributed by atoms with Gasteiger partial charge in [0.1, 0.15) is 0 Å². The highest BCUT2D eigenvalue weighted by Crippen LogP contribution is 2.30. The van der Waals surface area contributed by atoms with Crippen molar-refractivity contribution in [3.8, 4) is 0 Å². The second-order valence-electron chi connectivity index (χ2n) is 8.34. The number of guanidine groups is 1. The molecule has 1 unspecified atom stereocenters. The summed E-state index contributed by atoms with van der Waals surface area (Å²) in [6, 6.07) is 9.94. The Balaban J connectivity index is 1.35. The Morgan fingerprint density at radius 2 is 1.93 bits per heavy atom. The molecule has 0 saturated carbocycles.